The summed E-state index contributed by atoms with van der Waals surface area (Å²) in [5.74, 6) is 0.0121. The summed E-state index contributed by atoms with van der Waals surface area (Å²) in [6, 6.07) is 10.0. The number of nitrogen functional groups attached to an aromatic ring is 1. The van der Waals surface area contributed by atoms with Crippen LogP contribution in [0.1, 0.15) is 11.1 Å². The largest absolute Gasteiger partial charge is 0.398 e. The van der Waals surface area contributed by atoms with Crippen molar-refractivity contribution in [2.75, 3.05) is 5.73 Å². The lowest BCUT2D eigenvalue weighted by Gasteiger charge is -2.08. The lowest BCUT2D eigenvalue weighted by molar-refractivity contribution is 0.620. The van der Waals surface area contributed by atoms with E-state index in [4.69, 9.17) is 5.73 Å². The Bertz CT molecular complexity index is 645. The molecule has 2 aromatic rings. The van der Waals surface area contributed by atoms with Crippen molar-refractivity contribution in [1.29, 1.82) is 0 Å². The van der Waals surface area contributed by atoms with Gasteiger partial charge in [-0.05, 0) is 58.2 Å². The molecule has 0 amide bonds. The molecule has 0 fully saturated rings. The first-order valence-corrected chi connectivity index (χ1v) is 7.77. The van der Waals surface area contributed by atoms with E-state index in [9.17, 15) is 8.60 Å². The number of rotatable bonds is 3. The van der Waals surface area contributed by atoms with Crippen molar-refractivity contribution >= 4 is 32.4 Å². The van der Waals surface area contributed by atoms with Crippen molar-refractivity contribution in [2.45, 2.75) is 17.6 Å². The zero-order chi connectivity index (χ0) is 14.0. The van der Waals surface area contributed by atoms with Crippen LogP contribution in [-0.4, -0.2) is 4.21 Å². The van der Waals surface area contributed by atoms with Gasteiger partial charge >= 0.3 is 0 Å². The Kier molecular flexibility index (Phi) is 4.37. The van der Waals surface area contributed by atoms with Gasteiger partial charge in [-0.15, -0.1) is 0 Å². The molecule has 100 valence electrons. The average Bonchev–Trinajstić information content (AvgIpc) is 2.37. The quantitative estimate of drug-likeness (QED) is 0.863. The smallest absolute Gasteiger partial charge is 0.137 e. The molecule has 5 heteroatoms. The van der Waals surface area contributed by atoms with E-state index in [1.54, 1.807) is 30.3 Å². The van der Waals surface area contributed by atoms with Crippen LogP contribution in [0.4, 0.5) is 10.1 Å². The van der Waals surface area contributed by atoms with E-state index in [2.05, 4.69) is 15.9 Å². The van der Waals surface area contributed by atoms with Gasteiger partial charge in [0.05, 0.1) is 21.0 Å². The van der Waals surface area contributed by atoms with Crippen LogP contribution in [0.2, 0.25) is 0 Å². The standard InChI is InChI=1S/C14H13BrFNOS/c1-9-13(17)3-2-4-14(9)19(18)8-10-5-6-12(16)11(15)7-10/h2-7H,8,17H2,1H3. The molecule has 0 aliphatic rings. The molecule has 2 nitrogen and oxygen atoms in total. The van der Waals surface area contributed by atoms with Crippen molar-refractivity contribution in [1.82, 2.24) is 0 Å². The monoisotopic (exact) mass is 341 g/mol. The second-order valence-electron chi connectivity index (χ2n) is 4.21. The van der Waals surface area contributed by atoms with E-state index in [0.29, 0.717) is 15.9 Å². The highest BCUT2D eigenvalue weighted by molar-refractivity contribution is 9.10. The molecule has 0 heterocycles. The summed E-state index contributed by atoms with van der Waals surface area (Å²) in [6.07, 6.45) is 0. The van der Waals surface area contributed by atoms with Gasteiger partial charge in [-0.3, -0.25) is 4.21 Å². The first kappa shape index (κ1) is 14.2. The normalized spacial score (nSPS) is 12.4. The maximum absolute atomic E-state index is 13.1. The van der Waals surface area contributed by atoms with Crippen LogP contribution in [0.3, 0.4) is 0 Å². The van der Waals surface area contributed by atoms with Crippen LogP contribution in [0, 0.1) is 12.7 Å². The van der Waals surface area contributed by atoms with E-state index < -0.39 is 10.8 Å². The van der Waals surface area contributed by atoms with Gasteiger partial charge in [-0.2, -0.15) is 0 Å². The van der Waals surface area contributed by atoms with Crippen LogP contribution in [-0.2, 0) is 16.6 Å². The Labute approximate surface area is 122 Å². The molecule has 0 aliphatic carbocycles. The topological polar surface area (TPSA) is 43.1 Å². The Balaban J connectivity index is 2.26. The summed E-state index contributed by atoms with van der Waals surface area (Å²) in [7, 11) is -1.19. The van der Waals surface area contributed by atoms with Crippen molar-refractivity contribution in [3.05, 3.63) is 57.8 Å². The minimum absolute atomic E-state index is 0.324. The van der Waals surface area contributed by atoms with Crippen LogP contribution in [0.5, 0.6) is 0 Å². The highest BCUT2D eigenvalue weighted by atomic mass is 79.9. The number of halogens is 2. The predicted molar refractivity (Wildman–Crippen MR) is 79.8 cm³/mol. The van der Waals surface area contributed by atoms with E-state index >= 15 is 0 Å². The van der Waals surface area contributed by atoms with Gasteiger partial charge < -0.3 is 5.73 Å². The molecule has 0 bridgehead atoms. The summed E-state index contributed by atoms with van der Waals surface area (Å²) in [6.45, 7) is 1.85. The summed E-state index contributed by atoms with van der Waals surface area (Å²) >= 11 is 3.12. The molecule has 0 radical (unpaired) electrons. The van der Waals surface area contributed by atoms with Crippen LogP contribution < -0.4 is 5.73 Å². The predicted octanol–water partition coefficient (Wildman–Crippen LogP) is 3.79. The van der Waals surface area contributed by atoms with Gasteiger partial charge in [-0.1, -0.05) is 12.1 Å². The zero-order valence-corrected chi connectivity index (χ0v) is 12.7. The SMILES string of the molecule is Cc1c(N)cccc1S(=O)Cc1ccc(F)c(Br)c1. The Hall–Kier alpha value is -1.20. The second-order valence-corrected chi connectivity index (χ2v) is 6.48. The Morgan fingerprint density at radius 1 is 1.32 bits per heavy atom. The second kappa shape index (κ2) is 5.84. The number of nitrogens with two attached hydrogens (primary N) is 1. The van der Waals surface area contributed by atoms with Gasteiger partial charge in [0.25, 0.3) is 0 Å². The minimum Gasteiger partial charge on any atom is -0.398 e. The fourth-order valence-corrected chi connectivity index (χ4v) is 3.49. The third-order valence-electron chi connectivity index (χ3n) is 2.85. The molecule has 0 spiro atoms. The maximum Gasteiger partial charge on any atom is 0.137 e. The molecule has 0 saturated carbocycles. The summed E-state index contributed by atoms with van der Waals surface area (Å²) in [5, 5.41) is 0. The third-order valence-corrected chi connectivity index (χ3v) is 4.99. The number of hydrogen-bond donors (Lipinski definition) is 1. The summed E-state index contributed by atoms with van der Waals surface area (Å²) in [5.41, 5.74) is 8.08. The fourth-order valence-electron chi connectivity index (χ4n) is 1.74. The molecule has 19 heavy (non-hydrogen) atoms. The van der Waals surface area contributed by atoms with E-state index in [0.717, 1.165) is 16.0 Å². The maximum atomic E-state index is 13.1. The molecule has 0 aromatic heterocycles. The fraction of sp³-hybridized carbons (Fsp3) is 0.143. The van der Waals surface area contributed by atoms with E-state index in [-0.39, 0.29) is 5.82 Å². The van der Waals surface area contributed by atoms with Gasteiger partial charge in [0.2, 0.25) is 0 Å². The zero-order valence-electron chi connectivity index (χ0n) is 10.3. The molecular weight excluding hydrogens is 329 g/mol. The van der Waals surface area contributed by atoms with Crippen LogP contribution >= 0.6 is 15.9 Å². The van der Waals surface area contributed by atoms with Crippen molar-refractivity contribution in [3.63, 3.8) is 0 Å². The first-order chi connectivity index (χ1) is 8.99. The van der Waals surface area contributed by atoms with Gasteiger partial charge in [-0.25, -0.2) is 4.39 Å². The highest BCUT2D eigenvalue weighted by Crippen LogP contribution is 2.23. The lowest BCUT2D eigenvalue weighted by atomic mass is 10.2. The van der Waals surface area contributed by atoms with Gasteiger partial charge in [0.15, 0.2) is 0 Å². The lowest BCUT2D eigenvalue weighted by Crippen LogP contribution is -2.01. The molecule has 2 rings (SSSR count). The number of anilines is 1. The molecule has 0 aliphatic heterocycles. The number of hydrogen-bond acceptors (Lipinski definition) is 2. The summed E-state index contributed by atoms with van der Waals surface area (Å²) in [4.78, 5) is 0.723. The Morgan fingerprint density at radius 2 is 2.05 bits per heavy atom. The molecule has 1 unspecified atom stereocenters. The minimum atomic E-state index is -1.19. The number of benzene rings is 2. The van der Waals surface area contributed by atoms with Gasteiger partial charge in [0, 0.05) is 10.6 Å². The molecule has 1 atom stereocenters. The first-order valence-electron chi connectivity index (χ1n) is 5.66. The summed E-state index contributed by atoms with van der Waals surface area (Å²) < 4.78 is 25.8. The molecule has 2 aromatic carbocycles. The Morgan fingerprint density at radius 3 is 2.74 bits per heavy atom. The van der Waals surface area contributed by atoms with E-state index in [1.165, 1.54) is 6.07 Å². The van der Waals surface area contributed by atoms with Crippen molar-refractivity contribution in [3.8, 4) is 0 Å². The third kappa shape index (κ3) is 3.22. The molecule has 0 saturated heterocycles. The van der Waals surface area contributed by atoms with Crippen molar-refractivity contribution in [2.24, 2.45) is 0 Å². The molecule has 2 N–H and O–H groups in total. The highest BCUT2D eigenvalue weighted by Gasteiger charge is 2.11. The van der Waals surface area contributed by atoms with Crippen molar-refractivity contribution < 1.29 is 8.60 Å². The van der Waals surface area contributed by atoms with Crippen LogP contribution in [0.15, 0.2) is 45.8 Å². The van der Waals surface area contributed by atoms with Crippen LogP contribution in [0.25, 0.3) is 0 Å². The van der Waals surface area contributed by atoms with E-state index in [1.807, 2.05) is 6.92 Å². The van der Waals surface area contributed by atoms with Gasteiger partial charge in [0.1, 0.15) is 5.82 Å². The average molecular weight is 342 g/mol. The molecular formula is C14H13BrFNOS.